The molecule has 0 spiro atoms. The third kappa shape index (κ3) is 4.17. The first kappa shape index (κ1) is 19.6. The van der Waals surface area contributed by atoms with E-state index in [-0.39, 0.29) is 5.75 Å². The summed E-state index contributed by atoms with van der Waals surface area (Å²) in [5.41, 5.74) is 2.89. The molecule has 148 valence electrons. The Bertz CT molecular complexity index is 1110. The van der Waals surface area contributed by atoms with E-state index in [1.54, 1.807) is 42.1 Å². The van der Waals surface area contributed by atoms with Gasteiger partial charge in [-0.05, 0) is 38.1 Å². The zero-order valence-electron chi connectivity index (χ0n) is 16.0. The van der Waals surface area contributed by atoms with Crippen molar-refractivity contribution in [3.05, 3.63) is 70.2 Å². The topological polar surface area (TPSA) is 86.7 Å². The second-order valence-electron chi connectivity index (χ2n) is 7.12. The summed E-state index contributed by atoms with van der Waals surface area (Å²) in [7, 11) is 0. The average Bonchev–Trinajstić information content (AvgIpc) is 3.40. The van der Waals surface area contributed by atoms with Crippen LogP contribution >= 0.6 is 22.9 Å². The molecule has 1 aromatic carbocycles. The highest BCUT2D eigenvalue weighted by molar-refractivity contribution is 7.09. The zero-order chi connectivity index (χ0) is 20.4. The number of hydrogen-bond acceptors (Lipinski definition) is 6. The van der Waals surface area contributed by atoms with Gasteiger partial charge in [-0.15, -0.1) is 11.3 Å². The van der Waals surface area contributed by atoms with E-state index in [4.69, 9.17) is 16.6 Å². The second kappa shape index (κ2) is 7.94. The number of nitrogens with zero attached hydrogens (tertiary/aromatic N) is 3. The monoisotopic (exact) mass is 425 g/mol. The van der Waals surface area contributed by atoms with Gasteiger partial charge in [0, 0.05) is 41.6 Å². The maximum absolute atomic E-state index is 10.1. The van der Waals surface area contributed by atoms with Crippen LogP contribution in [0, 0.1) is 0 Å². The largest absolute Gasteiger partial charge is 0.506 e. The fourth-order valence-corrected chi connectivity index (χ4v) is 3.66. The standard InChI is InChI=1S/C21H20ClN5OS/c1-21(2,25-12-17-24-9-10-29-17)20-26-18(13-5-7-23-8-6-13)19(27-20)14-3-4-15(22)16(28)11-14/h3-11,25,28H,12H2,1-2H3,(H,26,27). The van der Waals surface area contributed by atoms with Crippen molar-refractivity contribution in [3.63, 3.8) is 0 Å². The second-order valence-corrected chi connectivity index (χ2v) is 8.50. The molecule has 0 unspecified atom stereocenters. The van der Waals surface area contributed by atoms with Crippen molar-refractivity contribution in [2.24, 2.45) is 0 Å². The van der Waals surface area contributed by atoms with Crippen molar-refractivity contribution in [1.29, 1.82) is 0 Å². The molecular weight excluding hydrogens is 406 g/mol. The molecule has 0 saturated heterocycles. The van der Waals surface area contributed by atoms with Crippen LogP contribution in [-0.4, -0.2) is 25.0 Å². The highest BCUT2D eigenvalue weighted by Crippen LogP contribution is 2.36. The molecule has 0 saturated carbocycles. The molecule has 0 fully saturated rings. The number of H-pyrrole nitrogens is 1. The molecule has 3 heterocycles. The SMILES string of the molecule is CC(C)(NCc1nccs1)c1nc(-c2ccc(Cl)c(O)c2)c(-c2ccncc2)[nH]1. The molecule has 3 aromatic heterocycles. The normalized spacial score (nSPS) is 11.7. The molecule has 6 nitrogen and oxygen atoms in total. The van der Waals surface area contributed by atoms with E-state index in [0.717, 1.165) is 33.3 Å². The van der Waals surface area contributed by atoms with Crippen LogP contribution in [0.25, 0.3) is 22.5 Å². The van der Waals surface area contributed by atoms with E-state index in [2.05, 4.69) is 34.1 Å². The van der Waals surface area contributed by atoms with Crippen LogP contribution < -0.4 is 5.32 Å². The van der Waals surface area contributed by atoms with Crippen molar-refractivity contribution in [1.82, 2.24) is 25.3 Å². The molecule has 0 aliphatic carbocycles. The molecule has 0 bridgehead atoms. The summed E-state index contributed by atoms with van der Waals surface area (Å²) >= 11 is 7.60. The Hall–Kier alpha value is -2.74. The maximum atomic E-state index is 10.1. The maximum Gasteiger partial charge on any atom is 0.134 e. The van der Waals surface area contributed by atoms with Gasteiger partial charge in [-0.2, -0.15) is 0 Å². The van der Waals surface area contributed by atoms with Crippen LogP contribution in [0.5, 0.6) is 5.75 Å². The number of benzene rings is 1. The van der Waals surface area contributed by atoms with Gasteiger partial charge in [-0.3, -0.25) is 10.3 Å². The van der Waals surface area contributed by atoms with Gasteiger partial charge in [0.2, 0.25) is 0 Å². The lowest BCUT2D eigenvalue weighted by molar-refractivity contribution is 0.381. The summed E-state index contributed by atoms with van der Waals surface area (Å²) in [6, 6.07) is 8.99. The highest BCUT2D eigenvalue weighted by atomic mass is 35.5. The molecule has 29 heavy (non-hydrogen) atoms. The summed E-state index contributed by atoms with van der Waals surface area (Å²) in [4.78, 5) is 16.8. The van der Waals surface area contributed by atoms with Crippen molar-refractivity contribution in [2.75, 3.05) is 0 Å². The van der Waals surface area contributed by atoms with Crippen LogP contribution in [0.4, 0.5) is 0 Å². The third-order valence-electron chi connectivity index (χ3n) is 4.65. The van der Waals surface area contributed by atoms with E-state index >= 15 is 0 Å². The highest BCUT2D eigenvalue weighted by Gasteiger charge is 2.27. The average molecular weight is 426 g/mol. The first-order valence-electron chi connectivity index (χ1n) is 9.07. The van der Waals surface area contributed by atoms with Gasteiger partial charge in [0.15, 0.2) is 0 Å². The van der Waals surface area contributed by atoms with Crippen LogP contribution in [0.1, 0.15) is 24.7 Å². The molecule has 8 heteroatoms. The number of imidazole rings is 1. The fourth-order valence-electron chi connectivity index (χ4n) is 2.99. The minimum Gasteiger partial charge on any atom is -0.506 e. The minimum absolute atomic E-state index is 0.0237. The van der Waals surface area contributed by atoms with Crippen LogP contribution in [0.15, 0.2) is 54.3 Å². The summed E-state index contributed by atoms with van der Waals surface area (Å²) in [6.45, 7) is 4.78. The van der Waals surface area contributed by atoms with Gasteiger partial charge in [0.05, 0.1) is 21.9 Å². The Kier molecular flexibility index (Phi) is 5.36. The van der Waals surface area contributed by atoms with Crippen molar-refractivity contribution in [3.8, 4) is 28.3 Å². The predicted octanol–water partition coefficient (Wildman–Crippen LogP) is 4.98. The first-order valence-corrected chi connectivity index (χ1v) is 10.3. The number of thiazole rings is 1. The van der Waals surface area contributed by atoms with E-state index in [1.165, 1.54) is 0 Å². The van der Waals surface area contributed by atoms with Gasteiger partial charge in [0.1, 0.15) is 16.6 Å². The zero-order valence-corrected chi connectivity index (χ0v) is 17.6. The minimum atomic E-state index is -0.430. The smallest absolute Gasteiger partial charge is 0.134 e. The Labute approximate surface area is 177 Å². The number of hydrogen-bond donors (Lipinski definition) is 3. The van der Waals surface area contributed by atoms with E-state index in [1.807, 2.05) is 23.6 Å². The van der Waals surface area contributed by atoms with Gasteiger partial charge in [-0.25, -0.2) is 9.97 Å². The summed E-state index contributed by atoms with van der Waals surface area (Å²) in [5.74, 6) is 0.806. The summed E-state index contributed by atoms with van der Waals surface area (Å²) < 4.78 is 0. The van der Waals surface area contributed by atoms with E-state index < -0.39 is 5.54 Å². The molecule has 4 rings (SSSR count). The Morgan fingerprint density at radius 2 is 1.93 bits per heavy atom. The lowest BCUT2D eigenvalue weighted by atomic mass is 10.1. The molecule has 3 N–H and O–H groups in total. The van der Waals surface area contributed by atoms with Gasteiger partial charge >= 0.3 is 0 Å². The van der Waals surface area contributed by atoms with Crippen LogP contribution in [0.2, 0.25) is 5.02 Å². The van der Waals surface area contributed by atoms with Crippen LogP contribution in [-0.2, 0) is 12.1 Å². The number of phenols is 1. The summed E-state index contributed by atoms with van der Waals surface area (Å²) in [6.07, 6.45) is 5.28. The number of halogens is 1. The molecule has 0 atom stereocenters. The van der Waals surface area contributed by atoms with E-state index in [0.29, 0.717) is 11.6 Å². The molecule has 0 aliphatic heterocycles. The number of aromatic hydroxyl groups is 1. The van der Waals surface area contributed by atoms with Crippen LogP contribution in [0.3, 0.4) is 0 Å². The molecule has 4 aromatic rings. The number of aromatic nitrogens is 4. The number of pyridine rings is 1. The van der Waals surface area contributed by atoms with Gasteiger partial charge in [-0.1, -0.05) is 17.7 Å². The Morgan fingerprint density at radius 1 is 1.14 bits per heavy atom. The Balaban J connectivity index is 1.75. The predicted molar refractivity (Wildman–Crippen MR) is 116 cm³/mol. The van der Waals surface area contributed by atoms with Gasteiger partial charge in [0.25, 0.3) is 0 Å². The van der Waals surface area contributed by atoms with Crippen molar-refractivity contribution in [2.45, 2.75) is 25.9 Å². The molecular formula is C21H20ClN5OS. The number of rotatable bonds is 6. The Morgan fingerprint density at radius 3 is 2.62 bits per heavy atom. The number of phenolic OH excluding ortho intramolecular Hbond substituents is 1. The number of nitrogens with one attached hydrogen (secondary N) is 2. The summed E-state index contributed by atoms with van der Waals surface area (Å²) in [5, 5.41) is 16.9. The quantitative estimate of drug-likeness (QED) is 0.405. The lowest BCUT2D eigenvalue weighted by Crippen LogP contribution is -2.37. The molecule has 0 radical (unpaired) electrons. The van der Waals surface area contributed by atoms with Gasteiger partial charge < -0.3 is 10.1 Å². The fraction of sp³-hybridized carbons (Fsp3) is 0.190. The molecule has 0 aliphatic rings. The first-order chi connectivity index (χ1) is 13.9. The van der Waals surface area contributed by atoms with E-state index in [9.17, 15) is 5.11 Å². The van der Waals surface area contributed by atoms with Crippen molar-refractivity contribution < 1.29 is 5.11 Å². The van der Waals surface area contributed by atoms with Crippen molar-refractivity contribution >= 4 is 22.9 Å². The third-order valence-corrected chi connectivity index (χ3v) is 5.75. The lowest BCUT2D eigenvalue weighted by Gasteiger charge is -2.23. The number of aromatic amines is 1. The molecule has 0 amide bonds.